The zero-order valence-electron chi connectivity index (χ0n) is 10.4. The second-order valence-electron chi connectivity index (χ2n) is 4.12. The number of ether oxygens (including phenoxy) is 1. The van der Waals surface area contributed by atoms with Crippen LogP contribution in [0.1, 0.15) is 10.4 Å². The van der Waals surface area contributed by atoms with Crippen LogP contribution in [-0.4, -0.2) is 50.1 Å². The van der Waals surface area contributed by atoms with Gasteiger partial charge in [0.2, 0.25) is 0 Å². The van der Waals surface area contributed by atoms with Crippen molar-refractivity contribution in [2.75, 3.05) is 31.0 Å². The van der Waals surface area contributed by atoms with Crippen molar-refractivity contribution >= 4 is 21.9 Å². The predicted octanol–water partition coefficient (Wildman–Crippen LogP) is 0.513. The van der Waals surface area contributed by atoms with Crippen LogP contribution in [0.15, 0.2) is 18.2 Å². The van der Waals surface area contributed by atoms with Crippen LogP contribution in [0.4, 0.5) is 10.1 Å². The van der Waals surface area contributed by atoms with Gasteiger partial charge in [-0.2, -0.15) is 12.7 Å². The van der Waals surface area contributed by atoms with Crippen molar-refractivity contribution in [3.05, 3.63) is 29.6 Å². The lowest BCUT2D eigenvalue weighted by atomic mass is 10.2. The molecule has 110 valence electrons. The van der Waals surface area contributed by atoms with Crippen molar-refractivity contribution < 1.29 is 27.4 Å². The highest BCUT2D eigenvalue weighted by atomic mass is 32.2. The molecule has 1 aliphatic rings. The van der Waals surface area contributed by atoms with Gasteiger partial charge in [-0.1, -0.05) is 0 Å². The number of anilines is 1. The molecule has 0 amide bonds. The highest BCUT2D eigenvalue weighted by Gasteiger charge is 2.24. The highest BCUT2D eigenvalue weighted by molar-refractivity contribution is 7.90. The quantitative estimate of drug-likeness (QED) is 0.845. The van der Waals surface area contributed by atoms with E-state index < -0.39 is 27.6 Å². The summed E-state index contributed by atoms with van der Waals surface area (Å²) in [5.41, 5.74) is -0.543. The molecule has 0 spiro atoms. The molecule has 7 nitrogen and oxygen atoms in total. The average Bonchev–Trinajstić information content (AvgIpc) is 2.39. The molecule has 0 radical (unpaired) electrons. The molecule has 0 aliphatic carbocycles. The molecule has 20 heavy (non-hydrogen) atoms. The molecule has 9 heteroatoms. The molecule has 0 unspecified atom stereocenters. The van der Waals surface area contributed by atoms with Crippen molar-refractivity contribution in [2.45, 2.75) is 0 Å². The first-order valence-electron chi connectivity index (χ1n) is 5.78. The fourth-order valence-electron chi connectivity index (χ4n) is 1.75. The smallest absolute Gasteiger partial charge is 0.338 e. The lowest BCUT2D eigenvalue weighted by Gasteiger charge is -2.26. The van der Waals surface area contributed by atoms with Gasteiger partial charge in [-0.15, -0.1) is 0 Å². The van der Waals surface area contributed by atoms with E-state index in [-0.39, 0.29) is 18.8 Å². The lowest BCUT2D eigenvalue weighted by Crippen LogP contribution is -2.43. The average molecular weight is 304 g/mol. The van der Waals surface area contributed by atoms with Crippen LogP contribution in [0.2, 0.25) is 0 Å². The molecule has 0 atom stereocenters. The van der Waals surface area contributed by atoms with Gasteiger partial charge in [0.25, 0.3) is 0 Å². The van der Waals surface area contributed by atoms with E-state index in [0.29, 0.717) is 13.2 Å². The molecule has 1 fully saturated rings. The van der Waals surface area contributed by atoms with Crippen LogP contribution in [0.25, 0.3) is 0 Å². The number of hydrogen-bond donors (Lipinski definition) is 2. The van der Waals surface area contributed by atoms with Crippen molar-refractivity contribution in [3.8, 4) is 0 Å². The van der Waals surface area contributed by atoms with E-state index in [9.17, 15) is 17.6 Å². The topological polar surface area (TPSA) is 95.9 Å². The maximum atomic E-state index is 13.5. The fraction of sp³-hybridized carbons (Fsp3) is 0.364. The molecule has 1 aliphatic heterocycles. The molecule has 2 rings (SSSR count). The van der Waals surface area contributed by atoms with Crippen LogP contribution >= 0.6 is 0 Å². The molecule has 1 aromatic carbocycles. The fourth-order valence-corrected chi connectivity index (χ4v) is 2.94. The third-order valence-electron chi connectivity index (χ3n) is 2.76. The van der Waals surface area contributed by atoms with E-state index in [2.05, 4.69) is 4.72 Å². The molecule has 0 bridgehead atoms. The standard InChI is InChI=1S/C11H13FN2O5S/c12-10-7-8(1-2-9(10)11(15)16)13-20(17,18)14-3-5-19-6-4-14/h1-2,7,13H,3-6H2,(H,15,16). The molecule has 1 aromatic rings. The summed E-state index contributed by atoms with van der Waals surface area (Å²) in [7, 11) is -3.80. The Hall–Kier alpha value is -1.71. The number of aromatic carboxylic acids is 1. The summed E-state index contributed by atoms with van der Waals surface area (Å²) >= 11 is 0. The van der Waals surface area contributed by atoms with Gasteiger partial charge < -0.3 is 9.84 Å². The van der Waals surface area contributed by atoms with Gasteiger partial charge in [0.05, 0.1) is 24.5 Å². The van der Waals surface area contributed by atoms with E-state index in [1.54, 1.807) is 0 Å². The van der Waals surface area contributed by atoms with Crippen LogP contribution in [0, 0.1) is 5.82 Å². The summed E-state index contributed by atoms with van der Waals surface area (Å²) in [6, 6.07) is 3.04. The zero-order chi connectivity index (χ0) is 14.8. The van der Waals surface area contributed by atoms with Crippen molar-refractivity contribution in [2.24, 2.45) is 0 Å². The van der Waals surface area contributed by atoms with Gasteiger partial charge in [-0.25, -0.2) is 9.18 Å². The molecule has 2 N–H and O–H groups in total. The third-order valence-corrected chi connectivity index (χ3v) is 4.29. The first kappa shape index (κ1) is 14.7. The Balaban J connectivity index is 2.17. The van der Waals surface area contributed by atoms with Crippen molar-refractivity contribution in [3.63, 3.8) is 0 Å². The van der Waals surface area contributed by atoms with Gasteiger partial charge in [-0.3, -0.25) is 4.72 Å². The predicted molar refractivity (Wildman–Crippen MR) is 68.3 cm³/mol. The Labute approximate surface area is 115 Å². The van der Waals surface area contributed by atoms with Gasteiger partial charge >= 0.3 is 16.2 Å². The van der Waals surface area contributed by atoms with E-state index in [1.807, 2.05) is 0 Å². The third kappa shape index (κ3) is 3.24. The Kier molecular flexibility index (Phi) is 4.21. The minimum Gasteiger partial charge on any atom is -0.478 e. The van der Waals surface area contributed by atoms with Gasteiger partial charge in [0.15, 0.2) is 0 Å². The van der Waals surface area contributed by atoms with Crippen LogP contribution < -0.4 is 4.72 Å². The summed E-state index contributed by atoms with van der Waals surface area (Å²) in [5.74, 6) is -2.41. The largest absolute Gasteiger partial charge is 0.478 e. The SMILES string of the molecule is O=C(O)c1ccc(NS(=O)(=O)N2CCOCC2)cc1F. The number of benzene rings is 1. The minimum atomic E-state index is -3.80. The molecular formula is C11H13FN2O5S. The van der Waals surface area contributed by atoms with Gasteiger partial charge in [0.1, 0.15) is 5.82 Å². The van der Waals surface area contributed by atoms with Crippen molar-refractivity contribution in [1.29, 1.82) is 0 Å². The van der Waals surface area contributed by atoms with E-state index in [4.69, 9.17) is 9.84 Å². The number of nitrogens with one attached hydrogen (secondary N) is 1. The van der Waals surface area contributed by atoms with Crippen LogP contribution in [0.5, 0.6) is 0 Å². The van der Waals surface area contributed by atoms with Crippen LogP contribution in [0.3, 0.4) is 0 Å². The summed E-state index contributed by atoms with van der Waals surface area (Å²) in [6.45, 7) is 1.02. The van der Waals surface area contributed by atoms with E-state index in [0.717, 1.165) is 12.1 Å². The first-order chi connectivity index (χ1) is 9.40. The number of hydrogen-bond acceptors (Lipinski definition) is 4. The number of morpholine rings is 1. The van der Waals surface area contributed by atoms with Gasteiger partial charge in [0, 0.05) is 13.1 Å². The van der Waals surface area contributed by atoms with Crippen molar-refractivity contribution in [1.82, 2.24) is 4.31 Å². The number of carboxylic acid groups (broad SMARTS) is 1. The molecule has 1 saturated heterocycles. The molecule has 0 saturated carbocycles. The number of carbonyl (C=O) groups is 1. The Morgan fingerprint density at radius 2 is 2.00 bits per heavy atom. The number of carboxylic acids is 1. The van der Waals surface area contributed by atoms with Crippen LogP contribution in [-0.2, 0) is 14.9 Å². The van der Waals surface area contributed by atoms with E-state index in [1.165, 1.54) is 10.4 Å². The Morgan fingerprint density at radius 3 is 2.55 bits per heavy atom. The number of rotatable bonds is 4. The zero-order valence-corrected chi connectivity index (χ0v) is 11.2. The molecular weight excluding hydrogens is 291 g/mol. The summed E-state index contributed by atoms with van der Waals surface area (Å²) in [4.78, 5) is 10.7. The first-order valence-corrected chi connectivity index (χ1v) is 7.22. The summed E-state index contributed by atoms with van der Waals surface area (Å²) in [5, 5.41) is 8.69. The normalized spacial score (nSPS) is 16.9. The van der Waals surface area contributed by atoms with Gasteiger partial charge in [-0.05, 0) is 18.2 Å². The second-order valence-corrected chi connectivity index (χ2v) is 5.79. The Bertz CT molecular complexity index is 613. The number of nitrogens with zero attached hydrogens (tertiary/aromatic N) is 1. The highest BCUT2D eigenvalue weighted by Crippen LogP contribution is 2.17. The lowest BCUT2D eigenvalue weighted by molar-refractivity contribution is 0.0692. The minimum absolute atomic E-state index is 0.0287. The second kappa shape index (κ2) is 5.73. The maximum absolute atomic E-state index is 13.5. The monoisotopic (exact) mass is 304 g/mol. The summed E-state index contributed by atoms with van der Waals surface area (Å²) < 4.78 is 45.9. The molecule has 1 heterocycles. The van der Waals surface area contributed by atoms with E-state index >= 15 is 0 Å². The summed E-state index contributed by atoms with van der Waals surface area (Å²) in [6.07, 6.45) is 0. The molecule has 0 aromatic heterocycles. The maximum Gasteiger partial charge on any atom is 0.338 e. The number of halogens is 1. The Morgan fingerprint density at radius 1 is 1.35 bits per heavy atom.